The highest BCUT2D eigenvalue weighted by molar-refractivity contribution is 14.0. The van der Waals surface area contributed by atoms with Crippen molar-refractivity contribution < 1.29 is 0 Å². The molecule has 5 nitrogen and oxygen atoms in total. The van der Waals surface area contributed by atoms with Gasteiger partial charge in [-0.1, -0.05) is 13.8 Å². The van der Waals surface area contributed by atoms with E-state index in [0.717, 1.165) is 31.2 Å². The van der Waals surface area contributed by atoms with E-state index in [1.165, 1.54) is 0 Å². The van der Waals surface area contributed by atoms with Gasteiger partial charge in [0.25, 0.3) is 0 Å². The van der Waals surface area contributed by atoms with Crippen molar-refractivity contribution in [2.24, 2.45) is 18.0 Å². The first kappa shape index (κ1) is 18.2. The summed E-state index contributed by atoms with van der Waals surface area (Å²) in [6.07, 6.45) is 2.94. The Labute approximate surface area is 133 Å². The average Bonchev–Trinajstić information content (AvgIpc) is 2.71. The van der Waals surface area contributed by atoms with Gasteiger partial charge >= 0.3 is 0 Å². The summed E-state index contributed by atoms with van der Waals surface area (Å²) in [5.41, 5.74) is 1.11. The van der Waals surface area contributed by atoms with Crippen LogP contribution in [0.2, 0.25) is 0 Å². The molecule has 1 heterocycles. The van der Waals surface area contributed by atoms with Crippen molar-refractivity contribution in [2.45, 2.75) is 33.7 Å². The molecule has 1 rings (SSSR count). The molecule has 19 heavy (non-hydrogen) atoms. The second-order valence-corrected chi connectivity index (χ2v) is 4.75. The van der Waals surface area contributed by atoms with Gasteiger partial charge in [0.15, 0.2) is 5.96 Å². The lowest BCUT2D eigenvalue weighted by atomic mass is 10.1. The predicted molar refractivity (Wildman–Crippen MR) is 90.9 cm³/mol. The molecule has 0 amide bonds. The number of aromatic nitrogens is 2. The third-order valence-electron chi connectivity index (χ3n) is 2.68. The van der Waals surface area contributed by atoms with Gasteiger partial charge in [-0.15, -0.1) is 24.0 Å². The number of aliphatic imine (C=N–C) groups is 1. The van der Waals surface area contributed by atoms with Gasteiger partial charge in [-0.2, -0.15) is 5.10 Å². The standard InChI is InChI=1S/C13H25N5.HI/c1-5-14-13(15-8-6-11(2)3)16-10-12-7-9-17-18(12)4;/h7,9,11H,5-6,8,10H2,1-4H3,(H2,14,15,16);1H. The van der Waals surface area contributed by atoms with Crippen molar-refractivity contribution in [3.05, 3.63) is 18.0 Å². The molecule has 0 aliphatic heterocycles. The lowest BCUT2D eigenvalue weighted by Gasteiger charge is -2.12. The summed E-state index contributed by atoms with van der Waals surface area (Å²) in [5, 5.41) is 10.7. The fraction of sp³-hybridized carbons (Fsp3) is 0.692. The fourth-order valence-corrected chi connectivity index (χ4v) is 1.54. The summed E-state index contributed by atoms with van der Waals surface area (Å²) >= 11 is 0. The zero-order valence-corrected chi connectivity index (χ0v) is 14.6. The van der Waals surface area contributed by atoms with Crippen molar-refractivity contribution in [3.63, 3.8) is 0 Å². The van der Waals surface area contributed by atoms with Crippen LogP contribution in [-0.2, 0) is 13.6 Å². The summed E-state index contributed by atoms with van der Waals surface area (Å²) in [5.74, 6) is 1.58. The summed E-state index contributed by atoms with van der Waals surface area (Å²) in [6.45, 7) is 8.99. The molecule has 0 aliphatic rings. The minimum absolute atomic E-state index is 0. The molecule has 0 spiro atoms. The Morgan fingerprint density at radius 2 is 2.16 bits per heavy atom. The van der Waals surface area contributed by atoms with E-state index in [0.29, 0.717) is 12.5 Å². The number of guanidine groups is 1. The second-order valence-electron chi connectivity index (χ2n) is 4.75. The molecule has 1 aromatic rings. The Hall–Kier alpha value is -0.790. The Balaban J connectivity index is 0.00000324. The lowest BCUT2D eigenvalue weighted by molar-refractivity contribution is 0.573. The average molecular weight is 379 g/mol. The van der Waals surface area contributed by atoms with Crippen molar-refractivity contribution in [1.82, 2.24) is 20.4 Å². The highest BCUT2D eigenvalue weighted by Crippen LogP contribution is 1.99. The van der Waals surface area contributed by atoms with Crippen molar-refractivity contribution in [3.8, 4) is 0 Å². The topological polar surface area (TPSA) is 54.2 Å². The van der Waals surface area contributed by atoms with Crippen LogP contribution < -0.4 is 10.6 Å². The molecule has 0 atom stereocenters. The largest absolute Gasteiger partial charge is 0.357 e. The molecule has 0 aliphatic carbocycles. The minimum Gasteiger partial charge on any atom is -0.357 e. The van der Waals surface area contributed by atoms with Crippen LogP contribution in [0.5, 0.6) is 0 Å². The van der Waals surface area contributed by atoms with E-state index in [2.05, 4.69) is 41.5 Å². The molecular formula is C13H26IN5. The first-order valence-electron chi connectivity index (χ1n) is 6.62. The van der Waals surface area contributed by atoms with Crippen LogP contribution in [-0.4, -0.2) is 28.8 Å². The number of nitrogens with zero attached hydrogens (tertiary/aromatic N) is 3. The molecule has 0 saturated heterocycles. The summed E-state index contributed by atoms with van der Waals surface area (Å²) < 4.78 is 1.85. The molecule has 1 aromatic heterocycles. The van der Waals surface area contributed by atoms with Crippen molar-refractivity contribution >= 4 is 29.9 Å². The Kier molecular flexibility index (Phi) is 9.63. The highest BCUT2D eigenvalue weighted by Gasteiger charge is 2.00. The summed E-state index contributed by atoms with van der Waals surface area (Å²) in [4.78, 5) is 4.55. The van der Waals surface area contributed by atoms with Gasteiger partial charge < -0.3 is 10.6 Å². The maximum Gasteiger partial charge on any atom is 0.191 e. The zero-order chi connectivity index (χ0) is 13.4. The normalized spacial score (nSPS) is 11.3. The number of nitrogens with one attached hydrogen (secondary N) is 2. The molecular weight excluding hydrogens is 353 g/mol. The van der Waals surface area contributed by atoms with Gasteiger partial charge in [-0.3, -0.25) is 4.68 Å². The minimum atomic E-state index is 0. The third kappa shape index (κ3) is 7.39. The van der Waals surface area contributed by atoms with Crippen LogP contribution in [0.3, 0.4) is 0 Å². The maximum atomic E-state index is 4.55. The molecule has 0 unspecified atom stereocenters. The highest BCUT2D eigenvalue weighted by atomic mass is 127. The summed E-state index contributed by atoms with van der Waals surface area (Å²) in [7, 11) is 1.93. The third-order valence-corrected chi connectivity index (χ3v) is 2.68. The van der Waals surface area contributed by atoms with E-state index in [-0.39, 0.29) is 24.0 Å². The maximum absolute atomic E-state index is 4.55. The fourth-order valence-electron chi connectivity index (χ4n) is 1.54. The predicted octanol–water partition coefficient (Wildman–Crippen LogP) is 2.14. The van der Waals surface area contributed by atoms with Gasteiger partial charge in [-0.25, -0.2) is 4.99 Å². The number of halogens is 1. The lowest BCUT2D eigenvalue weighted by Crippen LogP contribution is -2.38. The number of hydrogen-bond donors (Lipinski definition) is 2. The molecule has 2 N–H and O–H groups in total. The Morgan fingerprint density at radius 3 is 2.68 bits per heavy atom. The van der Waals surface area contributed by atoms with Crippen LogP contribution >= 0.6 is 24.0 Å². The Morgan fingerprint density at radius 1 is 1.42 bits per heavy atom. The molecule has 0 aromatic carbocycles. The van der Waals surface area contributed by atoms with E-state index in [1.807, 2.05) is 17.8 Å². The SMILES string of the molecule is CCNC(=NCc1ccnn1C)NCCC(C)C.I. The second kappa shape index (κ2) is 10.1. The van der Waals surface area contributed by atoms with E-state index in [1.54, 1.807) is 6.20 Å². The van der Waals surface area contributed by atoms with E-state index < -0.39 is 0 Å². The van der Waals surface area contributed by atoms with Crippen molar-refractivity contribution in [2.75, 3.05) is 13.1 Å². The van der Waals surface area contributed by atoms with Gasteiger partial charge in [0, 0.05) is 26.3 Å². The molecule has 0 bridgehead atoms. The first-order valence-corrected chi connectivity index (χ1v) is 6.62. The number of hydrogen-bond acceptors (Lipinski definition) is 2. The van der Waals surface area contributed by atoms with Gasteiger partial charge in [0.1, 0.15) is 0 Å². The van der Waals surface area contributed by atoms with Crippen LogP contribution in [0.15, 0.2) is 17.3 Å². The molecule has 6 heteroatoms. The molecule has 0 radical (unpaired) electrons. The van der Waals surface area contributed by atoms with E-state index in [4.69, 9.17) is 0 Å². The number of aryl methyl sites for hydroxylation is 1. The smallest absolute Gasteiger partial charge is 0.191 e. The van der Waals surface area contributed by atoms with Gasteiger partial charge in [-0.05, 0) is 25.3 Å². The summed E-state index contributed by atoms with van der Waals surface area (Å²) in [6, 6.07) is 1.99. The van der Waals surface area contributed by atoms with Crippen LogP contribution in [0.4, 0.5) is 0 Å². The zero-order valence-electron chi connectivity index (χ0n) is 12.3. The van der Waals surface area contributed by atoms with Crippen molar-refractivity contribution in [1.29, 1.82) is 0 Å². The van der Waals surface area contributed by atoms with Gasteiger partial charge in [0.2, 0.25) is 0 Å². The van der Waals surface area contributed by atoms with Gasteiger partial charge in [0.05, 0.1) is 12.2 Å². The monoisotopic (exact) mass is 379 g/mol. The molecule has 0 saturated carbocycles. The number of rotatable bonds is 6. The van der Waals surface area contributed by atoms with E-state index in [9.17, 15) is 0 Å². The van der Waals surface area contributed by atoms with E-state index >= 15 is 0 Å². The van der Waals surface area contributed by atoms with Crippen LogP contribution in [0.25, 0.3) is 0 Å². The molecule has 110 valence electrons. The first-order chi connectivity index (χ1) is 8.63. The Bertz CT molecular complexity index is 373. The van der Waals surface area contributed by atoms with Crippen LogP contribution in [0.1, 0.15) is 32.9 Å². The molecule has 0 fully saturated rings. The van der Waals surface area contributed by atoms with Crippen LogP contribution in [0, 0.1) is 5.92 Å². The quantitative estimate of drug-likeness (QED) is 0.453.